The summed E-state index contributed by atoms with van der Waals surface area (Å²) in [4.78, 5) is 0. The number of hydrogen-bond acceptors (Lipinski definition) is 3. The molecule has 0 spiro atoms. The summed E-state index contributed by atoms with van der Waals surface area (Å²) in [5.74, 6) is 1.04. The third kappa shape index (κ3) is 3.83. The van der Waals surface area contributed by atoms with Crippen LogP contribution in [0, 0.1) is 0 Å². The van der Waals surface area contributed by atoms with Crippen molar-refractivity contribution in [1.82, 2.24) is 9.78 Å². The van der Waals surface area contributed by atoms with Crippen molar-refractivity contribution in [3.8, 4) is 0 Å². The summed E-state index contributed by atoms with van der Waals surface area (Å²) in [5.41, 5.74) is 8.09. The van der Waals surface area contributed by atoms with Gasteiger partial charge in [0, 0.05) is 23.2 Å². The summed E-state index contributed by atoms with van der Waals surface area (Å²) >= 11 is 1.97. The van der Waals surface area contributed by atoms with E-state index in [1.54, 1.807) is 0 Å². The van der Waals surface area contributed by atoms with Crippen molar-refractivity contribution in [2.45, 2.75) is 51.2 Å². The molecule has 0 aliphatic heterocycles. The van der Waals surface area contributed by atoms with Crippen LogP contribution in [0.15, 0.2) is 6.07 Å². The SMILES string of the molecule is CCc1cc(CSC(C)CCN)n(CC)n1. The highest BCUT2D eigenvalue weighted by molar-refractivity contribution is 7.99. The molecular formula is C12H23N3S. The normalized spacial score (nSPS) is 13.0. The molecule has 0 aliphatic rings. The zero-order valence-electron chi connectivity index (χ0n) is 10.6. The number of aromatic nitrogens is 2. The molecule has 0 radical (unpaired) electrons. The molecule has 1 heterocycles. The molecule has 1 rings (SSSR count). The Morgan fingerprint density at radius 2 is 2.25 bits per heavy atom. The van der Waals surface area contributed by atoms with E-state index in [1.165, 1.54) is 11.4 Å². The van der Waals surface area contributed by atoms with Crippen LogP contribution in [0.25, 0.3) is 0 Å². The average Bonchev–Trinajstić information content (AvgIpc) is 2.69. The first-order chi connectivity index (χ1) is 7.71. The molecule has 3 nitrogen and oxygen atoms in total. The van der Waals surface area contributed by atoms with Crippen LogP contribution in [0.2, 0.25) is 0 Å². The van der Waals surface area contributed by atoms with E-state index in [2.05, 4.69) is 36.6 Å². The molecule has 16 heavy (non-hydrogen) atoms. The van der Waals surface area contributed by atoms with Crippen molar-refractivity contribution < 1.29 is 0 Å². The van der Waals surface area contributed by atoms with Crippen molar-refractivity contribution in [3.63, 3.8) is 0 Å². The summed E-state index contributed by atoms with van der Waals surface area (Å²) in [6.07, 6.45) is 2.11. The van der Waals surface area contributed by atoms with E-state index in [-0.39, 0.29) is 0 Å². The van der Waals surface area contributed by atoms with Gasteiger partial charge in [0.25, 0.3) is 0 Å². The van der Waals surface area contributed by atoms with E-state index in [1.807, 2.05) is 11.8 Å². The summed E-state index contributed by atoms with van der Waals surface area (Å²) in [5, 5.41) is 5.18. The Morgan fingerprint density at radius 1 is 1.50 bits per heavy atom. The lowest BCUT2D eigenvalue weighted by Gasteiger charge is -2.10. The molecule has 1 aromatic rings. The molecule has 0 amide bonds. The number of hydrogen-bond donors (Lipinski definition) is 1. The fourth-order valence-corrected chi connectivity index (χ4v) is 2.61. The Kier molecular flexibility index (Phi) is 5.91. The van der Waals surface area contributed by atoms with E-state index < -0.39 is 0 Å². The van der Waals surface area contributed by atoms with E-state index in [0.717, 1.165) is 31.7 Å². The Bertz CT molecular complexity index is 309. The minimum atomic E-state index is 0.635. The van der Waals surface area contributed by atoms with Crippen LogP contribution >= 0.6 is 11.8 Å². The molecule has 0 saturated heterocycles. The van der Waals surface area contributed by atoms with Crippen molar-refractivity contribution in [2.75, 3.05) is 6.54 Å². The fraction of sp³-hybridized carbons (Fsp3) is 0.750. The van der Waals surface area contributed by atoms with E-state index >= 15 is 0 Å². The Labute approximate surface area is 103 Å². The molecule has 0 bridgehead atoms. The highest BCUT2D eigenvalue weighted by Crippen LogP contribution is 2.20. The largest absolute Gasteiger partial charge is 0.330 e. The molecule has 0 fully saturated rings. The fourth-order valence-electron chi connectivity index (χ4n) is 1.62. The van der Waals surface area contributed by atoms with Gasteiger partial charge < -0.3 is 5.73 Å². The highest BCUT2D eigenvalue weighted by atomic mass is 32.2. The lowest BCUT2D eigenvalue weighted by molar-refractivity contribution is 0.627. The van der Waals surface area contributed by atoms with Crippen molar-refractivity contribution in [2.24, 2.45) is 5.73 Å². The van der Waals surface area contributed by atoms with E-state index in [0.29, 0.717) is 5.25 Å². The second kappa shape index (κ2) is 6.97. The van der Waals surface area contributed by atoms with Gasteiger partial charge in [-0.3, -0.25) is 4.68 Å². The van der Waals surface area contributed by atoms with Crippen LogP contribution < -0.4 is 5.73 Å². The van der Waals surface area contributed by atoms with Gasteiger partial charge in [0.15, 0.2) is 0 Å². The van der Waals surface area contributed by atoms with Gasteiger partial charge >= 0.3 is 0 Å². The molecule has 4 heteroatoms. The molecule has 0 aromatic carbocycles. The van der Waals surface area contributed by atoms with Crippen LogP contribution in [-0.4, -0.2) is 21.6 Å². The Balaban J connectivity index is 2.54. The quantitative estimate of drug-likeness (QED) is 0.797. The standard InChI is InChI=1S/C12H23N3S/c1-4-11-8-12(15(5-2)14-11)9-16-10(3)6-7-13/h8,10H,4-7,9,13H2,1-3H3. The molecule has 2 N–H and O–H groups in total. The first-order valence-electron chi connectivity index (χ1n) is 6.08. The highest BCUT2D eigenvalue weighted by Gasteiger charge is 2.08. The van der Waals surface area contributed by atoms with Crippen LogP contribution in [0.3, 0.4) is 0 Å². The van der Waals surface area contributed by atoms with Gasteiger partial charge in [0.1, 0.15) is 0 Å². The second-order valence-electron chi connectivity index (χ2n) is 4.00. The zero-order chi connectivity index (χ0) is 12.0. The summed E-state index contributed by atoms with van der Waals surface area (Å²) in [6, 6.07) is 2.23. The van der Waals surface area contributed by atoms with Gasteiger partial charge in [-0.05, 0) is 32.4 Å². The third-order valence-electron chi connectivity index (χ3n) is 2.66. The number of thioether (sulfide) groups is 1. The number of aryl methyl sites for hydroxylation is 2. The average molecular weight is 241 g/mol. The number of rotatable bonds is 7. The molecule has 0 saturated carbocycles. The molecule has 92 valence electrons. The van der Waals surface area contributed by atoms with Gasteiger partial charge in [-0.25, -0.2) is 0 Å². The lowest BCUT2D eigenvalue weighted by atomic mass is 10.3. The number of nitrogens with two attached hydrogens (primary N) is 1. The van der Waals surface area contributed by atoms with Crippen LogP contribution in [0.4, 0.5) is 0 Å². The monoisotopic (exact) mass is 241 g/mol. The zero-order valence-corrected chi connectivity index (χ0v) is 11.4. The Morgan fingerprint density at radius 3 is 2.81 bits per heavy atom. The first kappa shape index (κ1) is 13.6. The van der Waals surface area contributed by atoms with Crippen molar-refractivity contribution in [1.29, 1.82) is 0 Å². The minimum Gasteiger partial charge on any atom is -0.330 e. The second-order valence-corrected chi connectivity index (χ2v) is 5.42. The predicted octanol–water partition coefficient (Wildman–Crippen LogP) is 2.44. The van der Waals surface area contributed by atoms with E-state index in [4.69, 9.17) is 5.73 Å². The predicted molar refractivity (Wildman–Crippen MR) is 71.7 cm³/mol. The molecule has 1 aromatic heterocycles. The van der Waals surface area contributed by atoms with Gasteiger partial charge in [0.05, 0.1) is 5.69 Å². The molecular weight excluding hydrogens is 218 g/mol. The van der Waals surface area contributed by atoms with Gasteiger partial charge in [0.2, 0.25) is 0 Å². The summed E-state index contributed by atoms with van der Waals surface area (Å²) < 4.78 is 2.11. The van der Waals surface area contributed by atoms with Crippen molar-refractivity contribution in [3.05, 3.63) is 17.5 Å². The maximum atomic E-state index is 5.55. The number of nitrogens with zero attached hydrogens (tertiary/aromatic N) is 2. The summed E-state index contributed by atoms with van der Waals surface area (Å²) in [7, 11) is 0. The maximum absolute atomic E-state index is 5.55. The van der Waals surface area contributed by atoms with Gasteiger partial charge in [-0.2, -0.15) is 16.9 Å². The van der Waals surface area contributed by atoms with Gasteiger partial charge in [-0.1, -0.05) is 13.8 Å². The molecule has 0 aliphatic carbocycles. The first-order valence-corrected chi connectivity index (χ1v) is 7.13. The van der Waals surface area contributed by atoms with Crippen LogP contribution in [0.5, 0.6) is 0 Å². The third-order valence-corrected chi connectivity index (χ3v) is 3.93. The topological polar surface area (TPSA) is 43.8 Å². The summed E-state index contributed by atoms with van der Waals surface area (Å²) in [6.45, 7) is 8.27. The van der Waals surface area contributed by atoms with Gasteiger partial charge in [-0.15, -0.1) is 0 Å². The van der Waals surface area contributed by atoms with Crippen LogP contribution in [0.1, 0.15) is 38.6 Å². The Hall–Kier alpha value is -0.480. The van der Waals surface area contributed by atoms with Crippen molar-refractivity contribution >= 4 is 11.8 Å². The molecule has 1 atom stereocenters. The maximum Gasteiger partial charge on any atom is 0.0625 e. The lowest BCUT2D eigenvalue weighted by Crippen LogP contribution is -2.08. The molecule has 1 unspecified atom stereocenters. The minimum absolute atomic E-state index is 0.635. The smallest absolute Gasteiger partial charge is 0.0625 e. The van der Waals surface area contributed by atoms with Crippen LogP contribution in [-0.2, 0) is 18.7 Å². The van der Waals surface area contributed by atoms with E-state index in [9.17, 15) is 0 Å².